The van der Waals surface area contributed by atoms with Gasteiger partial charge in [-0.05, 0) is 53.1 Å². The summed E-state index contributed by atoms with van der Waals surface area (Å²) in [6.45, 7) is 0.660. The Morgan fingerprint density at radius 1 is 0.895 bits per heavy atom. The number of hydrogen-bond donors (Lipinski definition) is 0. The van der Waals surface area contributed by atoms with Crippen molar-refractivity contribution in [3.05, 3.63) is 145 Å². The van der Waals surface area contributed by atoms with Crippen LogP contribution in [0.15, 0.2) is 111 Å². The summed E-state index contributed by atoms with van der Waals surface area (Å²) in [5, 5.41) is 0.964. The van der Waals surface area contributed by atoms with Crippen molar-refractivity contribution in [3.8, 4) is 5.75 Å². The van der Waals surface area contributed by atoms with Gasteiger partial charge in [0.05, 0.1) is 17.0 Å². The molecule has 1 aromatic heterocycles. The van der Waals surface area contributed by atoms with Crippen molar-refractivity contribution < 1.29 is 13.9 Å². The molecule has 1 aliphatic rings. The van der Waals surface area contributed by atoms with Crippen LogP contribution < -0.4 is 10.2 Å². The molecule has 1 atom stereocenters. The van der Waals surface area contributed by atoms with E-state index in [-0.39, 0.29) is 23.6 Å². The highest BCUT2D eigenvalue weighted by Gasteiger charge is 2.42. The van der Waals surface area contributed by atoms with Crippen LogP contribution in [0.5, 0.6) is 5.75 Å². The number of amides is 1. The van der Waals surface area contributed by atoms with Gasteiger partial charge in [-0.2, -0.15) is 0 Å². The third-order valence-corrected chi connectivity index (χ3v) is 7.53. The highest BCUT2D eigenvalue weighted by molar-refractivity contribution is 9.10. The first-order valence-corrected chi connectivity index (χ1v) is 13.2. The van der Waals surface area contributed by atoms with Crippen LogP contribution >= 0.6 is 27.5 Å². The Labute approximate surface area is 232 Å². The molecular formula is C31H21BrClNO4. The number of halogens is 2. The molecule has 0 radical (unpaired) electrons. The molecule has 1 amide bonds. The van der Waals surface area contributed by atoms with Gasteiger partial charge in [-0.1, -0.05) is 88.2 Å². The Hall–Kier alpha value is -3.87. The normalized spacial score (nSPS) is 14.6. The molecule has 0 saturated carbocycles. The average Bonchev–Trinajstić information content (AvgIpc) is 3.21. The van der Waals surface area contributed by atoms with Crippen LogP contribution in [-0.4, -0.2) is 10.8 Å². The third kappa shape index (κ3) is 4.51. The quantitative estimate of drug-likeness (QED) is 0.206. The number of ether oxygens (including phenoxy) is 1. The maximum Gasteiger partial charge on any atom is 0.291 e. The number of benzene rings is 4. The first-order valence-electron chi connectivity index (χ1n) is 12.1. The molecule has 1 unspecified atom stereocenters. The van der Waals surface area contributed by atoms with E-state index < -0.39 is 6.04 Å². The summed E-state index contributed by atoms with van der Waals surface area (Å²) < 4.78 is 12.7. The second-order valence-corrected chi connectivity index (χ2v) is 10.4. The minimum absolute atomic E-state index is 0.0614. The summed E-state index contributed by atoms with van der Waals surface area (Å²) in [5.74, 6) is 0.400. The van der Waals surface area contributed by atoms with E-state index in [0.29, 0.717) is 33.9 Å². The third-order valence-electron chi connectivity index (χ3n) is 6.67. The topological polar surface area (TPSA) is 59.8 Å². The molecule has 4 aromatic carbocycles. The number of nitrogens with zero attached hydrogens (tertiary/aromatic N) is 1. The van der Waals surface area contributed by atoms with E-state index in [1.54, 1.807) is 29.2 Å². The largest absolute Gasteiger partial charge is 0.489 e. The van der Waals surface area contributed by atoms with Crippen LogP contribution in [0.1, 0.15) is 38.9 Å². The molecule has 6 rings (SSSR count). The predicted octanol–water partition coefficient (Wildman–Crippen LogP) is 7.53. The first kappa shape index (κ1) is 24.5. The molecule has 0 fully saturated rings. The van der Waals surface area contributed by atoms with Gasteiger partial charge in [0.15, 0.2) is 5.43 Å². The van der Waals surface area contributed by atoms with E-state index >= 15 is 0 Å². The van der Waals surface area contributed by atoms with E-state index in [4.69, 9.17) is 20.8 Å². The van der Waals surface area contributed by atoms with Crippen molar-refractivity contribution in [1.29, 1.82) is 0 Å². The predicted molar refractivity (Wildman–Crippen MR) is 151 cm³/mol. The summed E-state index contributed by atoms with van der Waals surface area (Å²) in [6.07, 6.45) is 0. The molecule has 5 aromatic rings. The van der Waals surface area contributed by atoms with E-state index in [1.165, 1.54) is 0 Å². The fourth-order valence-corrected chi connectivity index (χ4v) is 5.36. The van der Waals surface area contributed by atoms with Crippen molar-refractivity contribution in [2.75, 3.05) is 0 Å². The van der Waals surface area contributed by atoms with Crippen LogP contribution in [0.2, 0.25) is 5.02 Å². The lowest BCUT2D eigenvalue weighted by molar-refractivity contribution is 0.0714. The second-order valence-electron chi connectivity index (χ2n) is 9.08. The lowest BCUT2D eigenvalue weighted by Gasteiger charge is -2.25. The molecule has 0 bridgehead atoms. The van der Waals surface area contributed by atoms with Gasteiger partial charge in [0.25, 0.3) is 5.91 Å². The van der Waals surface area contributed by atoms with Crippen LogP contribution in [0.25, 0.3) is 11.0 Å². The average molecular weight is 587 g/mol. The van der Waals surface area contributed by atoms with Crippen molar-refractivity contribution in [2.24, 2.45) is 0 Å². The van der Waals surface area contributed by atoms with Gasteiger partial charge < -0.3 is 14.1 Å². The summed E-state index contributed by atoms with van der Waals surface area (Å²) in [7, 11) is 0. The highest BCUT2D eigenvalue weighted by atomic mass is 79.9. The smallest absolute Gasteiger partial charge is 0.291 e. The summed E-state index contributed by atoms with van der Waals surface area (Å²) in [6, 6.07) is 29.3. The van der Waals surface area contributed by atoms with E-state index in [2.05, 4.69) is 15.9 Å². The van der Waals surface area contributed by atoms with Gasteiger partial charge in [0.1, 0.15) is 17.9 Å². The lowest BCUT2D eigenvalue weighted by atomic mass is 9.98. The number of carbonyl (C=O) groups excluding carboxylic acids is 1. The van der Waals surface area contributed by atoms with Crippen molar-refractivity contribution in [1.82, 2.24) is 4.90 Å². The number of rotatable bonds is 6. The Morgan fingerprint density at radius 2 is 1.63 bits per heavy atom. The zero-order valence-corrected chi connectivity index (χ0v) is 22.4. The lowest BCUT2D eigenvalue weighted by Crippen LogP contribution is -2.29. The second kappa shape index (κ2) is 10.1. The minimum atomic E-state index is -0.642. The fraction of sp³-hybridized carbons (Fsp3) is 0.0968. The van der Waals surface area contributed by atoms with Crippen molar-refractivity contribution in [2.45, 2.75) is 19.2 Å². The molecule has 0 spiro atoms. The summed E-state index contributed by atoms with van der Waals surface area (Å²) >= 11 is 9.89. The molecule has 0 saturated heterocycles. The summed E-state index contributed by atoms with van der Waals surface area (Å²) in [4.78, 5) is 29.1. The van der Waals surface area contributed by atoms with Crippen LogP contribution in [0, 0.1) is 0 Å². The maximum atomic E-state index is 13.8. The Morgan fingerprint density at radius 3 is 2.39 bits per heavy atom. The number of hydrogen-bond acceptors (Lipinski definition) is 4. The van der Waals surface area contributed by atoms with Crippen molar-refractivity contribution in [3.63, 3.8) is 0 Å². The Balaban J connectivity index is 1.42. The molecule has 1 aliphatic heterocycles. The van der Waals surface area contributed by atoms with Crippen LogP contribution in [-0.2, 0) is 13.2 Å². The van der Waals surface area contributed by atoms with Gasteiger partial charge in [0, 0.05) is 16.0 Å². The standard InChI is InChI=1S/C31H21BrClNO4/c32-22-12-15-26-24(16-22)29(35)27-28(20-10-13-23(14-11-20)37-18-19-6-2-1-3-7-19)34(31(36)30(27)38-26)17-21-8-4-5-9-25(21)33/h1-16,28H,17-18H2. The SMILES string of the molecule is O=C1c2oc3ccc(Br)cc3c(=O)c2C(c2ccc(OCc3ccccc3)cc2)N1Cc1ccccc1Cl. The van der Waals surface area contributed by atoms with Gasteiger partial charge in [-0.15, -0.1) is 0 Å². The molecule has 38 heavy (non-hydrogen) atoms. The molecule has 0 N–H and O–H groups in total. The molecular weight excluding hydrogens is 566 g/mol. The number of fused-ring (bicyclic) bond motifs is 2. The minimum Gasteiger partial charge on any atom is -0.489 e. The van der Waals surface area contributed by atoms with Crippen LogP contribution in [0.4, 0.5) is 0 Å². The number of carbonyl (C=O) groups is 1. The van der Waals surface area contributed by atoms with Gasteiger partial charge in [0.2, 0.25) is 5.76 Å². The molecule has 7 heteroatoms. The molecule has 5 nitrogen and oxygen atoms in total. The van der Waals surface area contributed by atoms with Crippen molar-refractivity contribution >= 4 is 44.4 Å². The maximum absolute atomic E-state index is 13.8. The molecule has 188 valence electrons. The van der Waals surface area contributed by atoms with Gasteiger partial charge in [-0.3, -0.25) is 9.59 Å². The van der Waals surface area contributed by atoms with E-state index in [1.807, 2.05) is 72.8 Å². The zero-order chi connectivity index (χ0) is 26.2. The fourth-order valence-electron chi connectivity index (χ4n) is 4.80. The zero-order valence-electron chi connectivity index (χ0n) is 20.1. The van der Waals surface area contributed by atoms with Gasteiger partial charge >= 0.3 is 0 Å². The highest BCUT2D eigenvalue weighted by Crippen LogP contribution is 2.40. The van der Waals surface area contributed by atoms with Crippen LogP contribution in [0.3, 0.4) is 0 Å². The van der Waals surface area contributed by atoms with E-state index in [9.17, 15) is 9.59 Å². The van der Waals surface area contributed by atoms with Gasteiger partial charge in [-0.25, -0.2) is 0 Å². The Kier molecular flexibility index (Phi) is 6.52. The molecule has 2 heterocycles. The van der Waals surface area contributed by atoms with E-state index in [0.717, 1.165) is 21.2 Å². The monoisotopic (exact) mass is 585 g/mol. The summed E-state index contributed by atoms with van der Waals surface area (Å²) in [5.41, 5.74) is 3.08. The Bertz CT molecular complexity index is 1720. The first-order chi connectivity index (χ1) is 18.5. The molecule has 0 aliphatic carbocycles.